The van der Waals surface area contributed by atoms with Crippen molar-refractivity contribution in [3.63, 3.8) is 0 Å². The maximum atomic E-state index is 3.74. The lowest BCUT2D eigenvalue weighted by Gasteiger charge is -2.49. The molecule has 0 aromatic carbocycles. The molecule has 1 fully saturated rings. The first-order valence-electron chi connectivity index (χ1n) is 6.33. The molecular formula is C13H28N2. The standard InChI is InChI=1S/C13H28N2/c1-7-15(8-2)11-9-12(3,4)14-13(5,6)10-11/h11,14H,7-10H2,1-6H3. The number of hydrogen-bond acceptors (Lipinski definition) is 2. The van der Waals surface area contributed by atoms with Gasteiger partial charge in [-0.25, -0.2) is 0 Å². The second-order valence-corrected chi connectivity index (χ2v) is 6.18. The minimum absolute atomic E-state index is 0.273. The third-order valence-electron chi connectivity index (χ3n) is 3.50. The van der Waals surface area contributed by atoms with Crippen molar-refractivity contribution >= 4 is 0 Å². The summed E-state index contributed by atoms with van der Waals surface area (Å²) in [7, 11) is 0. The molecule has 15 heavy (non-hydrogen) atoms. The molecule has 0 saturated carbocycles. The summed E-state index contributed by atoms with van der Waals surface area (Å²) in [5.41, 5.74) is 0.546. The molecule has 2 nitrogen and oxygen atoms in total. The van der Waals surface area contributed by atoms with E-state index >= 15 is 0 Å². The van der Waals surface area contributed by atoms with Crippen LogP contribution in [-0.4, -0.2) is 35.1 Å². The first-order chi connectivity index (χ1) is 6.79. The summed E-state index contributed by atoms with van der Waals surface area (Å²) in [6.45, 7) is 16.2. The van der Waals surface area contributed by atoms with Gasteiger partial charge in [0.25, 0.3) is 0 Å². The molecule has 0 spiro atoms. The van der Waals surface area contributed by atoms with Gasteiger partial charge in [-0.15, -0.1) is 0 Å². The van der Waals surface area contributed by atoms with Crippen molar-refractivity contribution in [1.29, 1.82) is 0 Å². The molecule has 0 amide bonds. The van der Waals surface area contributed by atoms with E-state index in [2.05, 4.69) is 51.8 Å². The zero-order valence-corrected chi connectivity index (χ0v) is 11.4. The molecule has 0 aromatic heterocycles. The molecule has 0 aromatic rings. The largest absolute Gasteiger partial charge is 0.307 e. The van der Waals surface area contributed by atoms with Gasteiger partial charge in [0.15, 0.2) is 0 Å². The van der Waals surface area contributed by atoms with Crippen LogP contribution in [0.4, 0.5) is 0 Å². The van der Waals surface area contributed by atoms with Gasteiger partial charge in [-0.1, -0.05) is 13.8 Å². The van der Waals surface area contributed by atoms with Crippen LogP contribution in [0.2, 0.25) is 0 Å². The SMILES string of the molecule is CCN(CC)C1CC(C)(C)NC(C)(C)C1. The normalized spacial score (nSPS) is 25.8. The average molecular weight is 212 g/mol. The van der Waals surface area contributed by atoms with Crippen LogP contribution < -0.4 is 5.32 Å². The Bertz CT molecular complexity index is 189. The Morgan fingerprint density at radius 1 is 1.00 bits per heavy atom. The van der Waals surface area contributed by atoms with Crippen LogP contribution in [0.3, 0.4) is 0 Å². The highest BCUT2D eigenvalue weighted by Crippen LogP contribution is 2.31. The smallest absolute Gasteiger partial charge is 0.0145 e. The molecular weight excluding hydrogens is 184 g/mol. The van der Waals surface area contributed by atoms with E-state index in [0.29, 0.717) is 0 Å². The Morgan fingerprint density at radius 2 is 1.40 bits per heavy atom. The minimum atomic E-state index is 0.273. The third-order valence-corrected chi connectivity index (χ3v) is 3.50. The molecule has 90 valence electrons. The van der Waals surface area contributed by atoms with Crippen LogP contribution in [0.15, 0.2) is 0 Å². The summed E-state index contributed by atoms with van der Waals surface area (Å²) in [5.74, 6) is 0. The van der Waals surface area contributed by atoms with E-state index in [1.165, 1.54) is 25.9 Å². The maximum Gasteiger partial charge on any atom is 0.0145 e. The first-order valence-corrected chi connectivity index (χ1v) is 6.33. The van der Waals surface area contributed by atoms with E-state index in [0.717, 1.165) is 6.04 Å². The van der Waals surface area contributed by atoms with E-state index in [1.54, 1.807) is 0 Å². The molecule has 1 saturated heterocycles. The van der Waals surface area contributed by atoms with E-state index in [4.69, 9.17) is 0 Å². The molecule has 1 heterocycles. The van der Waals surface area contributed by atoms with E-state index in [-0.39, 0.29) is 11.1 Å². The van der Waals surface area contributed by atoms with Crippen molar-refractivity contribution in [3.8, 4) is 0 Å². The van der Waals surface area contributed by atoms with Crippen molar-refractivity contribution in [2.75, 3.05) is 13.1 Å². The first kappa shape index (κ1) is 13.0. The number of piperidine rings is 1. The van der Waals surface area contributed by atoms with Crippen LogP contribution >= 0.6 is 0 Å². The summed E-state index contributed by atoms with van der Waals surface area (Å²) in [5, 5.41) is 3.74. The number of rotatable bonds is 3. The molecule has 1 aliphatic heterocycles. The Balaban J connectivity index is 2.74. The molecule has 1 N–H and O–H groups in total. The lowest BCUT2D eigenvalue weighted by Crippen LogP contribution is -2.62. The van der Waals surface area contributed by atoms with E-state index in [9.17, 15) is 0 Å². The molecule has 0 unspecified atom stereocenters. The van der Waals surface area contributed by atoms with Crippen LogP contribution in [0.1, 0.15) is 54.4 Å². The van der Waals surface area contributed by atoms with Gasteiger partial charge < -0.3 is 10.2 Å². The average Bonchev–Trinajstić information content (AvgIpc) is 2.00. The fraction of sp³-hybridized carbons (Fsp3) is 1.00. The predicted octanol–water partition coefficient (Wildman–Crippen LogP) is 2.64. The zero-order valence-electron chi connectivity index (χ0n) is 11.4. The molecule has 0 bridgehead atoms. The van der Waals surface area contributed by atoms with Gasteiger partial charge >= 0.3 is 0 Å². The molecule has 0 radical (unpaired) electrons. The number of hydrogen-bond donors (Lipinski definition) is 1. The van der Waals surface area contributed by atoms with Gasteiger partial charge in [0.05, 0.1) is 0 Å². The van der Waals surface area contributed by atoms with Gasteiger partial charge in [0.1, 0.15) is 0 Å². The topological polar surface area (TPSA) is 15.3 Å². The lowest BCUT2D eigenvalue weighted by atomic mass is 9.79. The van der Waals surface area contributed by atoms with Crippen molar-refractivity contribution < 1.29 is 0 Å². The van der Waals surface area contributed by atoms with E-state index in [1.807, 2.05) is 0 Å². The number of nitrogens with zero attached hydrogens (tertiary/aromatic N) is 1. The summed E-state index contributed by atoms with van der Waals surface area (Å²) in [6, 6.07) is 0.742. The Labute approximate surface area is 95.4 Å². The molecule has 2 heteroatoms. The Hall–Kier alpha value is -0.0800. The second-order valence-electron chi connectivity index (χ2n) is 6.18. The third kappa shape index (κ3) is 3.46. The fourth-order valence-electron chi connectivity index (χ4n) is 3.27. The van der Waals surface area contributed by atoms with Gasteiger partial charge in [-0.2, -0.15) is 0 Å². The van der Waals surface area contributed by atoms with Gasteiger partial charge in [-0.05, 0) is 53.6 Å². The van der Waals surface area contributed by atoms with E-state index < -0.39 is 0 Å². The number of nitrogens with one attached hydrogen (secondary N) is 1. The summed E-state index contributed by atoms with van der Waals surface area (Å²) >= 11 is 0. The quantitative estimate of drug-likeness (QED) is 0.773. The van der Waals surface area contributed by atoms with Crippen molar-refractivity contribution in [2.24, 2.45) is 0 Å². The van der Waals surface area contributed by atoms with Gasteiger partial charge in [0, 0.05) is 17.1 Å². The highest BCUT2D eigenvalue weighted by atomic mass is 15.2. The summed E-state index contributed by atoms with van der Waals surface area (Å²) in [6.07, 6.45) is 2.52. The van der Waals surface area contributed by atoms with Crippen LogP contribution in [0.25, 0.3) is 0 Å². The minimum Gasteiger partial charge on any atom is -0.307 e. The zero-order chi connectivity index (χ0) is 11.7. The molecule has 1 aliphatic rings. The van der Waals surface area contributed by atoms with Crippen LogP contribution in [0.5, 0.6) is 0 Å². The van der Waals surface area contributed by atoms with Crippen LogP contribution in [0, 0.1) is 0 Å². The molecule has 0 atom stereocenters. The monoisotopic (exact) mass is 212 g/mol. The van der Waals surface area contributed by atoms with Crippen molar-refractivity contribution in [3.05, 3.63) is 0 Å². The summed E-state index contributed by atoms with van der Waals surface area (Å²) < 4.78 is 0. The van der Waals surface area contributed by atoms with Gasteiger partial charge in [-0.3, -0.25) is 0 Å². The fourth-order valence-corrected chi connectivity index (χ4v) is 3.27. The highest BCUT2D eigenvalue weighted by molar-refractivity contribution is 4.99. The van der Waals surface area contributed by atoms with Crippen molar-refractivity contribution in [2.45, 2.75) is 71.5 Å². The predicted molar refractivity (Wildman–Crippen MR) is 67.2 cm³/mol. The maximum absolute atomic E-state index is 3.74. The van der Waals surface area contributed by atoms with Gasteiger partial charge in [0.2, 0.25) is 0 Å². The van der Waals surface area contributed by atoms with Crippen molar-refractivity contribution in [1.82, 2.24) is 10.2 Å². The highest BCUT2D eigenvalue weighted by Gasteiger charge is 2.39. The Morgan fingerprint density at radius 3 is 1.73 bits per heavy atom. The molecule has 0 aliphatic carbocycles. The van der Waals surface area contributed by atoms with Crippen LogP contribution in [-0.2, 0) is 0 Å². The Kier molecular flexibility index (Phi) is 3.83. The lowest BCUT2D eigenvalue weighted by molar-refractivity contribution is 0.0726. The summed E-state index contributed by atoms with van der Waals surface area (Å²) in [4.78, 5) is 2.60. The second kappa shape index (κ2) is 4.42. The molecule has 1 rings (SSSR count).